The van der Waals surface area contributed by atoms with Gasteiger partial charge in [0.05, 0.1) is 12.0 Å². The van der Waals surface area contributed by atoms with Crippen molar-refractivity contribution in [1.29, 1.82) is 0 Å². The molecule has 1 fully saturated rings. The van der Waals surface area contributed by atoms with E-state index in [0.717, 1.165) is 5.56 Å². The van der Waals surface area contributed by atoms with Gasteiger partial charge in [0, 0.05) is 6.04 Å². The molecule has 0 amide bonds. The number of carboxylic acid groups (broad SMARTS) is 1. The van der Waals surface area contributed by atoms with Crippen molar-refractivity contribution in [1.82, 2.24) is 0 Å². The first kappa shape index (κ1) is 11.9. The van der Waals surface area contributed by atoms with E-state index in [2.05, 4.69) is 0 Å². The number of carbonyl (C=O) groups is 1. The first-order valence-electron chi connectivity index (χ1n) is 5.81. The molecule has 17 heavy (non-hydrogen) atoms. The van der Waals surface area contributed by atoms with E-state index in [1.54, 1.807) is 0 Å². The Kier molecular flexibility index (Phi) is 3.07. The maximum Gasteiger partial charge on any atom is 0.314 e. The summed E-state index contributed by atoms with van der Waals surface area (Å²) in [6, 6.07) is 7.30. The Morgan fingerprint density at radius 2 is 2.29 bits per heavy atom. The van der Waals surface area contributed by atoms with Gasteiger partial charge < -0.3 is 15.6 Å². The van der Waals surface area contributed by atoms with Crippen LogP contribution in [0.3, 0.4) is 0 Å². The normalized spacial score (nSPS) is 27.3. The third-order valence-electron chi connectivity index (χ3n) is 3.33. The summed E-state index contributed by atoms with van der Waals surface area (Å²) in [7, 11) is 0. The van der Waals surface area contributed by atoms with Crippen LogP contribution in [0.4, 0.5) is 0 Å². The summed E-state index contributed by atoms with van der Waals surface area (Å²) < 4.78 is 5.39. The van der Waals surface area contributed by atoms with Crippen LogP contribution in [0.15, 0.2) is 24.3 Å². The first-order valence-corrected chi connectivity index (χ1v) is 5.81. The van der Waals surface area contributed by atoms with Crippen molar-refractivity contribution in [3.05, 3.63) is 29.8 Å². The lowest BCUT2D eigenvalue weighted by Crippen LogP contribution is -2.54. The second-order valence-corrected chi connectivity index (χ2v) is 4.52. The molecule has 0 heterocycles. The van der Waals surface area contributed by atoms with Crippen LogP contribution in [0, 0.1) is 0 Å². The lowest BCUT2D eigenvalue weighted by Gasteiger charge is -2.43. The summed E-state index contributed by atoms with van der Waals surface area (Å²) in [5, 5.41) is 9.38. The van der Waals surface area contributed by atoms with Gasteiger partial charge in [0.2, 0.25) is 0 Å². The van der Waals surface area contributed by atoms with Crippen molar-refractivity contribution in [3.63, 3.8) is 0 Å². The lowest BCUT2D eigenvalue weighted by molar-refractivity contribution is -0.148. The smallest absolute Gasteiger partial charge is 0.314 e. The van der Waals surface area contributed by atoms with Gasteiger partial charge in [-0.3, -0.25) is 4.79 Å². The summed E-state index contributed by atoms with van der Waals surface area (Å²) in [6.45, 7) is 2.47. The van der Waals surface area contributed by atoms with Crippen molar-refractivity contribution < 1.29 is 14.6 Å². The summed E-state index contributed by atoms with van der Waals surface area (Å²) >= 11 is 0. The van der Waals surface area contributed by atoms with Crippen LogP contribution in [0.2, 0.25) is 0 Å². The maximum atomic E-state index is 11.4. The second-order valence-electron chi connectivity index (χ2n) is 4.52. The van der Waals surface area contributed by atoms with E-state index in [-0.39, 0.29) is 6.04 Å². The molecule has 0 aliphatic heterocycles. The fourth-order valence-corrected chi connectivity index (χ4v) is 2.42. The van der Waals surface area contributed by atoms with E-state index in [9.17, 15) is 9.90 Å². The molecular formula is C13H17NO3. The minimum atomic E-state index is -0.813. The molecule has 92 valence electrons. The van der Waals surface area contributed by atoms with E-state index in [4.69, 9.17) is 10.5 Å². The van der Waals surface area contributed by atoms with E-state index < -0.39 is 11.4 Å². The van der Waals surface area contributed by atoms with Crippen LogP contribution in [0.5, 0.6) is 5.75 Å². The predicted molar refractivity (Wildman–Crippen MR) is 64.1 cm³/mol. The molecule has 0 unspecified atom stereocenters. The molecule has 3 N–H and O–H groups in total. The quantitative estimate of drug-likeness (QED) is 0.830. The number of benzene rings is 1. The third-order valence-corrected chi connectivity index (χ3v) is 3.33. The molecule has 0 aromatic heterocycles. The molecule has 0 spiro atoms. The molecule has 0 atom stereocenters. The minimum absolute atomic E-state index is 0.0122. The Bertz CT molecular complexity index is 424. The molecule has 4 heteroatoms. The Morgan fingerprint density at radius 1 is 1.59 bits per heavy atom. The van der Waals surface area contributed by atoms with Crippen molar-refractivity contribution in [2.75, 3.05) is 6.61 Å². The zero-order valence-electron chi connectivity index (χ0n) is 9.85. The first-order chi connectivity index (χ1) is 8.08. The SMILES string of the molecule is CCOc1cccc(C2(C(=O)O)CC(N)C2)c1. The van der Waals surface area contributed by atoms with Gasteiger partial charge in [0.15, 0.2) is 0 Å². The van der Waals surface area contributed by atoms with E-state index in [1.807, 2.05) is 31.2 Å². The molecule has 4 nitrogen and oxygen atoms in total. The number of nitrogens with two attached hydrogens (primary N) is 1. The van der Waals surface area contributed by atoms with Crippen molar-refractivity contribution in [2.45, 2.75) is 31.2 Å². The summed E-state index contributed by atoms with van der Waals surface area (Å²) in [5.41, 5.74) is 5.71. The number of hydrogen-bond acceptors (Lipinski definition) is 3. The van der Waals surface area contributed by atoms with Gasteiger partial charge in [-0.25, -0.2) is 0 Å². The van der Waals surface area contributed by atoms with Crippen molar-refractivity contribution in [2.24, 2.45) is 5.73 Å². The minimum Gasteiger partial charge on any atom is -0.494 e. The molecule has 0 radical (unpaired) electrons. The van der Waals surface area contributed by atoms with Crippen molar-refractivity contribution >= 4 is 5.97 Å². The van der Waals surface area contributed by atoms with Crippen LogP contribution >= 0.6 is 0 Å². The average Bonchev–Trinajstić information content (AvgIpc) is 2.25. The van der Waals surface area contributed by atoms with Crippen LogP contribution in [0.1, 0.15) is 25.3 Å². The Labute approximate surface area is 100 Å². The second kappa shape index (κ2) is 4.37. The Balaban J connectivity index is 2.31. The van der Waals surface area contributed by atoms with E-state index in [0.29, 0.717) is 25.2 Å². The highest BCUT2D eigenvalue weighted by molar-refractivity contribution is 5.83. The topological polar surface area (TPSA) is 72.5 Å². The van der Waals surface area contributed by atoms with Gasteiger partial charge in [-0.05, 0) is 37.5 Å². The summed E-state index contributed by atoms with van der Waals surface area (Å²) in [5.74, 6) is -0.0843. The largest absolute Gasteiger partial charge is 0.494 e. The lowest BCUT2D eigenvalue weighted by atomic mass is 9.62. The van der Waals surface area contributed by atoms with Crippen LogP contribution in [0.25, 0.3) is 0 Å². The molecule has 1 aliphatic carbocycles. The number of ether oxygens (including phenoxy) is 1. The zero-order chi connectivity index (χ0) is 12.5. The number of carboxylic acids is 1. The van der Waals surface area contributed by atoms with Gasteiger partial charge in [-0.1, -0.05) is 12.1 Å². The van der Waals surface area contributed by atoms with E-state index >= 15 is 0 Å². The monoisotopic (exact) mass is 235 g/mol. The van der Waals surface area contributed by atoms with Crippen LogP contribution in [-0.4, -0.2) is 23.7 Å². The molecule has 1 aromatic rings. The number of aliphatic carboxylic acids is 1. The highest BCUT2D eigenvalue weighted by Gasteiger charge is 2.50. The number of rotatable bonds is 4. The predicted octanol–water partition coefficient (Wildman–Crippen LogP) is 1.53. The standard InChI is InChI=1S/C13H17NO3/c1-2-17-11-5-3-4-9(6-11)13(12(15)16)7-10(14)8-13/h3-6,10H,2,7-8,14H2,1H3,(H,15,16). The fraction of sp³-hybridized carbons (Fsp3) is 0.462. The zero-order valence-corrected chi connectivity index (χ0v) is 9.85. The van der Waals surface area contributed by atoms with Gasteiger partial charge >= 0.3 is 5.97 Å². The molecule has 1 aromatic carbocycles. The highest BCUT2D eigenvalue weighted by Crippen LogP contribution is 2.44. The van der Waals surface area contributed by atoms with Crippen LogP contribution < -0.4 is 10.5 Å². The summed E-state index contributed by atoms with van der Waals surface area (Å²) in [4.78, 5) is 11.4. The maximum absolute atomic E-state index is 11.4. The molecule has 1 aliphatic rings. The molecule has 1 saturated carbocycles. The molecular weight excluding hydrogens is 218 g/mol. The number of hydrogen-bond donors (Lipinski definition) is 2. The van der Waals surface area contributed by atoms with Gasteiger partial charge in [-0.2, -0.15) is 0 Å². The van der Waals surface area contributed by atoms with E-state index in [1.165, 1.54) is 0 Å². The van der Waals surface area contributed by atoms with Crippen molar-refractivity contribution in [3.8, 4) is 5.75 Å². The highest BCUT2D eigenvalue weighted by atomic mass is 16.5. The summed E-state index contributed by atoms with van der Waals surface area (Å²) in [6.07, 6.45) is 0.996. The fourth-order valence-electron chi connectivity index (χ4n) is 2.42. The Morgan fingerprint density at radius 3 is 2.82 bits per heavy atom. The van der Waals surface area contributed by atoms with Crippen LogP contribution in [-0.2, 0) is 10.2 Å². The average molecular weight is 235 g/mol. The third kappa shape index (κ3) is 2.00. The molecule has 2 rings (SSSR count). The molecule has 0 saturated heterocycles. The van der Waals surface area contributed by atoms with Gasteiger partial charge in [0.1, 0.15) is 5.75 Å². The Hall–Kier alpha value is -1.55. The molecule has 0 bridgehead atoms. The van der Waals surface area contributed by atoms with Gasteiger partial charge in [0.25, 0.3) is 0 Å². The van der Waals surface area contributed by atoms with Gasteiger partial charge in [-0.15, -0.1) is 0 Å².